The SMILES string of the molecule is O=c1cc(N2CCOCC2)oc2cc(/C=C/c3ccccc3)ccc12. The van der Waals surface area contributed by atoms with Crippen molar-refractivity contribution in [2.45, 2.75) is 0 Å². The van der Waals surface area contributed by atoms with Gasteiger partial charge in [-0.2, -0.15) is 0 Å². The number of rotatable bonds is 3. The van der Waals surface area contributed by atoms with Crippen LogP contribution in [0.3, 0.4) is 0 Å². The first-order chi connectivity index (χ1) is 12.3. The van der Waals surface area contributed by atoms with E-state index in [0.717, 1.165) is 24.2 Å². The van der Waals surface area contributed by atoms with E-state index >= 15 is 0 Å². The van der Waals surface area contributed by atoms with Crippen LogP contribution in [0.1, 0.15) is 11.1 Å². The first kappa shape index (κ1) is 15.7. The first-order valence-electron chi connectivity index (χ1n) is 8.43. The summed E-state index contributed by atoms with van der Waals surface area (Å²) in [5.74, 6) is 0.616. The second-order valence-corrected chi connectivity index (χ2v) is 6.05. The van der Waals surface area contributed by atoms with Crippen LogP contribution < -0.4 is 10.3 Å². The highest BCUT2D eigenvalue weighted by atomic mass is 16.5. The zero-order valence-electron chi connectivity index (χ0n) is 13.9. The van der Waals surface area contributed by atoms with E-state index in [1.165, 1.54) is 0 Å². The van der Waals surface area contributed by atoms with Gasteiger partial charge in [-0.15, -0.1) is 0 Å². The second kappa shape index (κ2) is 6.95. The van der Waals surface area contributed by atoms with E-state index in [1.807, 2.05) is 60.7 Å². The van der Waals surface area contributed by atoms with E-state index in [2.05, 4.69) is 4.90 Å². The molecule has 25 heavy (non-hydrogen) atoms. The van der Waals surface area contributed by atoms with E-state index in [1.54, 1.807) is 6.07 Å². The number of nitrogens with zero attached hydrogens (tertiary/aromatic N) is 1. The molecule has 0 unspecified atom stereocenters. The van der Waals surface area contributed by atoms with Crippen molar-refractivity contribution in [2.75, 3.05) is 31.2 Å². The van der Waals surface area contributed by atoms with Gasteiger partial charge in [0.05, 0.1) is 18.6 Å². The van der Waals surface area contributed by atoms with Gasteiger partial charge in [-0.3, -0.25) is 4.79 Å². The Balaban J connectivity index is 1.68. The fraction of sp³-hybridized carbons (Fsp3) is 0.190. The van der Waals surface area contributed by atoms with Gasteiger partial charge in [-0.05, 0) is 23.3 Å². The Hall–Kier alpha value is -2.85. The Bertz CT molecular complexity index is 954. The Morgan fingerprint density at radius 1 is 0.880 bits per heavy atom. The predicted octanol–water partition coefficient (Wildman–Crippen LogP) is 3.80. The van der Waals surface area contributed by atoms with Crippen LogP contribution in [0.15, 0.2) is 63.8 Å². The monoisotopic (exact) mass is 333 g/mol. The molecular formula is C21H19NO3. The van der Waals surface area contributed by atoms with Gasteiger partial charge in [0, 0.05) is 19.2 Å². The minimum absolute atomic E-state index is 0.0127. The fourth-order valence-corrected chi connectivity index (χ4v) is 2.96. The van der Waals surface area contributed by atoms with Crippen molar-refractivity contribution in [1.82, 2.24) is 0 Å². The summed E-state index contributed by atoms with van der Waals surface area (Å²) in [6, 6.07) is 17.4. The number of hydrogen-bond acceptors (Lipinski definition) is 4. The molecule has 1 aliphatic heterocycles. The van der Waals surface area contributed by atoms with Crippen molar-refractivity contribution in [3.05, 3.63) is 75.9 Å². The van der Waals surface area contributed by atoms with Crippen molar-refractivity contribution in [1.29, 1.82) is 0 Å². The Morgan fingerprint density at radius 3 is 2.44 bits per heavy atom. The first-order valence-corrected chi connectivity index (χ1v) is 8.43. The number of morpholine rings is 1. The molecule has 0 spiro atoms. The molecule has 0 atom stereocenters. The van der Waals surface area contributed by atoms with Crippen LogP contribution in [0.5, 0.6) is 0 Å². The Morgan fingerprint density at radius 2 is 1.64 bits per heavy atom. The highest BCUT2D eigenvalue weighted by Gasteiger charge is 2.15. The van der Waals surface area contributed by atoms with Crippen LogP contribution in [0.4, 0.5) is 5.88 Å². The van der Waals surface area contributed by atoms with Crippen LogP contribution in [0.2, 0.25) is 0 Å². The highest BCUT2D eigenvalue weighted by molar-refractivity contribution is 5.82. The maximum Gasteiger partial charge on any atom is 0.200 e. The van der Waals surface area contributed by atoms with Gasteiger partial charge in [-0.1, -0.05) is 48.6 Å². The molecule has 1 aliphatic rings. The molecule has 1 aromatic heterocycles. The second-order valence-electron chi connectivity index (χ2n) is 6.05. The summed E-state index contributed by atoms with van der Waals surface area (Å²) in [6.45, 7) is 2.79. The lowest BCUT2D eigenvalue weighted by molar-refractivity contribution is 0.121. The third kappa shape index (κ3) is 3.49. The van der Waals surface area contributed by atoms with Crippen molar-refractivity contribution in [2.24, 2.45) is 0 Å². The molecule has 2 heterocycles. The van der Waals surface area contributed by atoms with Crippen LogP contribution >= 0.6 is 0 Å². The maximum atomic E-state index is 12.4. The summed E-state index contributed by atoms with van der Waals surface area (Å²) < 4.78 is 11.4. The molecule has 4 nitrogen and oxygen atoms in total. The number of fused-ring (bicyclic) bond motifs is 1. The third-order valence-corrected chi connectivity index (χ3v) is 4.33. The van der Waals surface area contributed by atoms with E-state index in [0.29, 0.717) is 30.1 Å². The van der Waals surface area contributed by atoms with Crippen LogP contribution in [-0.4, -0.2) is 26.3 Å². The average Bonchev–Trinajstić information content (AvgIpc) is 2.67. The highest BCUT2D eigenvalue weighted by Crippen LogP contribution is 2.22. The van der Waals surface area contributed by atoms with Gasteiger partial charge in [-0.25, -0.2) is 0 Å². The van der Waals surface area contributed by atoms with Gasteiger partial charge in [0.15, 0.2) is 11.3 Å². The molecule has 2 aromatic carbocycles. The van der Waals surface area contributed by atoms with E-state index in [9.17, 15) is 4.79 Å². The van der Waals surface area contributed by atoms with Gasteiger partial charge in [0.25, 0.3) is 0 Å². The number of anilines is 1. The summed E-state index contributed by atoms with van der Waals surface area (Å²) in [7, 11) is 0. The van der Waals surface area contributed by atoms with Crippen molar-refractivity contribution in [3.63, 3.8) is 0 Å². The largest absolute Gasteiger partial charge is 0.440 e. The maximum absolute atomic E-state index is 12.4. The minimum atomic E-state index is -0.0127. The van der Waals surface area contributed by atoms with Crippen LogP contribution in [0, 0.1) is 0 Å². The molecule has 3 aromatic rings. The summed E-state index contributed by atoms with van der Waals surface area (Å²) in [6.07, 6.45) is 4.07. The lowest BCUT2D eigenvalue weighted by Gasteiger charge is -2.27. The lowest BCUT2D eigenvalue weighted by Crippen LogP contribution is -2.36. The van der Waals surface area contributed by atoms with Gasteiger partial charge in [0.2, 0.25) is 0 Å². The Labute approximate surface area is 146 Å². The molecule has 1 saturated heterocycles. The molecule has 0 saturated carbocycles. The summed E-state index contributed by atoms with van der Waals surface area (Å²) in [4.78, 5) is 14.4. The van der Waals surface area contributed by atoms with Gasteiger partial charge < -0.3 is 14.1 Å². The average molecular weight is 333 g/mol. The molecule has 0 amide bonds. The molecule has 0 bridgehead atoms. The number of benzene rings is 2. The third-order valence-electron chi connectivity index (χ3n) is 4.33. The molecule has 0 radical (unpaired) electrons. The summed E-state index contributed by atoms with van der Waals surface area (Å²) in [5, 5.41) is 0.605. The zero-order valence-corrected chi connectivity index (χ0v) is 13.9. The van der Waals surface area contributed by atoms with Crippen molar-refractivity contribution in [3.8, 4) is 0 Å². The Kier molecular flexibility index (Phi) is 4.36. The summed E-state index contributed by atoms with van der Waals surface area (Å²) in [5.41, 5.74) is 2.73. The molecule has 0 N–H and O–H groups in total. The minimum Gasteiger partial charge on any atom is -0.440 e. The molecule has 0 aliphatic carbocycles. The molecule has 4 heteroatoms. The molecule has 4 rings (SSSR count). The van der Waals surface area contributed by atoms with Gasteiger partial charge >= 0.3 is 0 Å². The van der Waals surface area contributed by atoms with Gasteiger partial charge in [0.1, 0.15) is 5.58 Å². The molecule has 1 fully saturated rings. The smallest absolute Gasteiger partial charge is 0.200 e. The number of hydrogen-bond donors (Lipinski definition) is 0. The number of ether oxygens (including phenoxy) is 1. The molecular weight excluding hydrogens is 314 g/mol. The van der Waals surface area contributed by atoms with E-state index in [-0.39, 0.29) is 5.43 Å². The summed E-state index contributed by atoms with van der Waals surface area (Å²) >= 11 is 0. The van der Waals surface area contributed by atoms with E-state index in [4.69, 9.17) is 9.15 Å². The van der Waals surface area contributed by atoms with Crippen molar-refractivity contribution >= 4 is 29.0 Å². The van der Waals surface area contributed by atoms with Crippen LogP contribution in [0.25, 0.3) is 23.1 Å². The van der Waals surface area contributed by atoms with Crippen molar-refractivity contribution < 1.29 is 9.15 Å². The topological polar surface area (TPSA) is 42.7 Å². The zero-order chi connectivity index (χ0) is 17.1. The standard InChI is InChI=1S/C21H19NO3/c23-19-15-21(22-10-12-24-13-11-22)25-20-14-17(8-9-18(19)20)7-6-16-4-2-1-3-5-16/h1-9,14-15H,10-13H2/b7-6+. The van der Waals surface area contributed by atoms with E-state index < -0.39 is 0 Å². The predicted molar refractivity (Wildman–Crippen MR) is 101 cm³/mol. The normalized spacial score (nSPS) is 15.1. The molecule has 126 valence electrons. The quantitative estimate of drug-likeness (QED) is 0.684. The van der Waals surface area contributed by atoms with Crippen LogP contribution in [-0.2, 0) is 4.74 Å². The fourth-order valence-electron chi connectivity index (χ4n) is 2.96. The lowest BCUT2D eigenvalue weighted by atomic mass is 10.1.